The summed E-state index contributed by atoms with van der Waals surface area (Å²) in [5, 5.41) is 12.6. The summed E-state index contributed by atoms with van der Waals surface area (Å²) in [6.07, 6.45) is 3.87. The van der Waals surface area contributed by atoms with Gasteiger partial charge in [-0.1, -0.05) is 85.8 Å². The Hall–Kier alpha value is -3.82. The lowest BCUT2D eigenvalue weighted by atomic mass is 10.0. The van der Waals surface area contributed by atoms with Crippen LogP contribution in [0.3, 0.4) is 0 Å². The second-order valence-electron chi connectivity index (χ2n) is 8.35. The average Bonchev–Trinajstić information content (AvgIpc) is 3.20. The molecule has 0 spiro atoms. The highest BCUT2D eigenvalue weighted by Gasteiger charge is 2.40. The van der Waals surface area contributed by atoms with Gasteiger partial charge in [-0.2, -0.15) is 5.26 Å². The maximum absolute atomic E-state index is 13.6. The molecule has 1 aliphatic rings. The molecule has 0 radical (unpaired) electrons. The van der Waals surface area contributed by atoms with Crippen LogP contribution in [-0.4, -0.2) is 17.1 Å². The zero-order valence-corrected chi connectivity index (χ0v) is 20.4. The monoisotopic (exact) mass is 481 g/mol. The lowest BCUT2D eigenvalue weighted by molar-refractivity contribution is -0.117. The number of nitriles is 1. The molecule has 176 valence electrons. The SMILES string of the molecule is CCCCc1ccc(C[C@H]2S/C(=C(/C#N)C(=O)Nc3ccccc3)N(c3ccccc3)C2=O)cc1. The van der Waals surface area contributed by atoms with Gasteiger partial charge in [0.1, 0.15) is 16.7 Å². The second kappa shape index (κ2) is 11.5. The molecule has 0 saturated carbocycles. The lowest BCUT2D eigenvalue weighted by Gasteiger charge is -2.18. The van der Waals surface area contributed by atoms with Gasteiger partial charge in [0.05, 0.1) is 5.25 Å². The standard InChI is InChI=1S/C29H27N3O2S/c1-2-3-10-21-15-17-22(18-16-21)19-26-28(34)32(24-13-8-5-9-14-24)29(35-26)25(20-30)27(33)31-23-11-6-4-7-12-23/h4-9,11-18,26H,2-3,10,19H2,1H3,(H,31,33)/b29-25-/t26-/m1/s1. The largest absolute Gasteiger partial charge is 0.321 e. The fourth-order valence-electron chi connectivity index (χ4n) is 3.95. The lowest BCUT2D eigenvalue weighted by Crippen LogP contribution is -2.30. The Morgan fingerprint density at radius 2 is 1.60 bits per heavy atom. The van der Waals surface area contributed by atoms with Gasteiger partial charge in [0.25, 0.3) is 5.91 Å². The first-order valence-corrected chi connectivity index (χ1v) is 12.6. The van der Waals surface area contributed by atoms with Crippen LogP contribution in [0.4, 0.5) is 11.4 Å². The van der Waals surface area contributed by atoms with Crippen LogP contribution >= 0.6 is 11.8 Å². The normalized spacial score (nSPS) is 16.6. The fourth-order valence-corrected chi connectivity index (χ4v) is 5.26. The van der Waals surface area contributed by atoms with E-state index in [9.17, 15) is 14.9 Å². The smallest absolute Gasteiger partial charge is 0.269 e. The highest BCUT2D eigenvalue weighted by molar-refractivity contribution is 8.05. The number of rotatable bonds is 8. The minimum Gasteiger partial charge on any atom is -0.321 e. The molecular weight excluding hydrogens is 454 g/mol. The molecule has 35 heavy (non-hydrogen) atoms. The number of nitrogens with one attached hydrogen (secondary N) is 1. The van der Waals surface area contributed by atoms with Gasteiger partial charge in [0.2, 0.25) is 5.91 Å². The van der Waals surface area contributed by atoms with Crippen LogP contribution in [0.15, 0.2) is 95.5 Å². The minimum atomic E-state index is -0.532. The summed E-state index contributed by atoms with van der Waals surface area (Å²) in [5.74, 6) is -0.664. The Bertz CT molecular complexity index is 1250. The van der Waals surface area contributed by atoms with Crippen molar-refractivity contribution in [1.29, 1.82) is 5.26 Å². The van der Waals surface area contributed by atoms with Crippen LogP contribution < -0.4 is 10.2 Å². The first kappa shape index (κ1) is 24.3. The topological polar surface area (TPSA) is 73.2 Å². The van der Waals surface area contributed by atoms with E-state index in [0.29, 0.717) is 22.8 Å². The number of carbonyl (C=O) groups excluding carboxylic acids is 2. The van der Waals surface area contributed by atoms with Crippen LogP contribution in [0.1, 0.15) is 30.9 Å². The number of amides is 2. The number of carbonyl (C=O) groups is 2. The molecule has 0 bridgehead atoms. The molecule has 1 aliphatic heterocycles. The van der Waals surface area contributed by atoms with E-state index in [4.69, 9.17) is 0 Å². The predicted octanol–water partition coefficient (Wildman–Crippen LogP) is 6.09. The molecule has 2 amide bonds. The highest BCUT2D eigenvalue weighted by atomic mass is 32.2. The van der Waals surface area contributed by atoms with Crippen molar-refractivity contribution in [3.63, 3.8) is 0 Å². The molecule has 3 aromatic carbocycles. The number of aryl methyl sites for hydroxylation is 1. The number of anilines is 2. The van der Waals surface area contributed by atoms with Gasteiger partial charge >= 0.3 is 0 Å². The molecule has 0 aromatic heterocycles. The van der Waals surface area contributed by atoms with E-state index in [1.165, 1.54) is 22.2 Å². The van der Waals surface area contributed by atoms with E-state index in [2.05, 4.69) is 36.5 Å². The molecule has 0 aliphatic carbocycles. The third-order valence-corrected chi connectivity index (χ3v) is 7.08. The Labute approximate surface area is 210 Å². The third-order valence-electron chi connectivity index (χ3n) is 5.81. The molecule has 4 rings (SSSR count). The predicted molar refractivity (Wildman–Crippen MR) is 142 cm³/mol. The van der Waals surface area contributed by atoms with Crippen LogP contribution in [0, 0.1) is 11.3 Å². The summed E-state index contributed by atoms with van der Waals surface area (Å²) < 4.78 is 0. The van der Waals surface area contributed by atoms with Gasteiger partial charge in [0.15, 0.2) is 0 Å². The molecular formula is C29H27N3O2S. The van der Waals surface area contributed by atoms with Crippen LogP contribution in [0.25, 0.3) is 0 Å². The van der Waals surface area contributed by atoms with E-state index < -0.39 is 11.2 Å². The fraction of sp³-hybridized carbons (Fsp3) is 0.207. The number of hydrogen-bond acceptors (Lipinski definition) is 4. The molecule has 1 heterocycles. The van der Waals surface area contributed by atoms with Crippen molar-refractivity contribution in [2.45, 2.75) is 37.9 Å². The van der Waals surface area contributed by atoms with Crippen molar-refractivity contribution in [2.75, 3.05) is 10.2 Å². The zero-order chi connectivity index (χ0) is 24.6. The summed E-state index contributed by atoms with van der Waals surface area (Å²) in [7, 11) is 0. The van der Waals surface area contributed by atoms with Crippen molar-refractivity contribution in [3.8, 4) is 6.07 Å². The van der Waals surface area contributed by atoms with E-state index >= 15 is 0 Å². The molecule has 0 unspecified atom stereocenters. The van der Waals surface area contributed by atoms with Crippen molar-refractivity contribution in [3.05, 3.63) is 107 Å². The van der Waals surface area contributed by atoms with E-state index in [1.807, 2.05) is 54.6 Å². The number of thioether (sulfide) groups is 1. The zero-order valence-electron chi connectivity index (χ0n) is 19.6. The number of nitrogens with zero attached hydrogens (tertiary/aromatic N) is 2. The Kier molecular flexibility index (Phi) is 8.02. The molecule has 3 aromatic rings. The maximum atomic E-state index is 13.6. The van der Waals surface area contributed by atoms with Gasteiger partial charge in [-0.05, 0) is 54.7 Å². The first-order chi connectivity index (χ1) is 17.1. The average molecular weight is 482 g/mol. The summed E-state index contributed by atoms with van der Waals surface area (Å²) in [4.78, 5) is 28.1. The number of hydrogen-bond donors (Lipinski definition) is 1. The molecule has 1 N–H and O–H groups in total. The molecule has 1 saturated heterocycles. The van der Waals surface area contributed by atoms with Gasteiger partial charge in [-0.25, -0.2) is 0 Å². The third kappa shape index (κ3) is 5.82. The Morgan fingerprint density at radius 3 is 2.23 bits per heavy atom. The van der Waals surface area contributed by atoms with Gasteiger partial charge in [-0.15, -0.1) is 0 Å². The van der Waals surface area contributed by atoms with E-state index in [-0.39, 0.29) is 11.5 Å². The number of para-hydroxylation sites is 2. The molecule has 6 heteroatoms. The van der Waals surface area contributed by atoms with E-state index in [0.717, 1.165) is 24.8 Å². The minimum absolute atomic E-state index is 0.0755. The summed E-state index contributed by atoms with van der Waals surface area (Å²) >= 11 is 1.28. The second-order valence-corrected chi connectivity index (χ2v) is 9.54. The van der Waals surface area contributed by atoms with E-state index in [1.54, 1.807) is 12.1 Å². The Morgan fingerprint density at radius 1 is 0.971 bits per heavy atom. The van der Waals surface area contributed by atoms with Crippen LogP contribution in [0.5, 0.6) is 0 Å². The first-order valence-electron chi connectivity index (χ1n) is 11.7. The van der Waals surface area contributed by atoms with Crippen molar-refractivity contribution in [1.82, 2.24) is 0 Å². The van der Waals surface area contributed by atoms with Crippen molar-refractivity contribution in [2.24, 2.45) is 0 Å². The van der Waals surface area contributed by atoms with Gasteiger partial charge in [0, 0.05) is 11.4 Å². The quantitative estimate of drug-likeness (QED) is 0.312. The highest BCUT2D eigenvalue weighted by Crippen LogP contribution is 2.42. The van der Waals surface area contributed by atoms with Crippen LogP contribution in [0.2, 0.25) is 0 Å². The maximum Gasteiger partial charge on any atom is 0.269 e. The number of unbranched alkanes of at least 4 members (excludes halogenated alkanes) is 1. The summed E-state index contributed by atoms with van der Waals surface area (Å²) in [6, 6.07) is 28.6. The Balaban J connectivity index is 1.63. The summed E-state index contributed by atoms with van der Waals surface area (Å²) in [5.41, 5.74) is 3.49. The van der Waals surface area contributed by atoms with Crippen LogP contribution in [-0.2, 0) is 22.4 Å². The van der Waals surface area contributed by atoms with Crippen molar-refractivity contribution < 1.29 is 9.59 Å². The molecule has 5 nitrogen and oxygen atoms in total. The van der Waals surface area contributed by atoms with Gasteiger partial charge < -0.3 is 5.32 Å². The van der Waals surface area contributed by atoms with Crippen molar-refractivity contribution >= 4 is 35.0 Å². The summed E-state index contributed by atoms with van der Waals surface area (Å²) in [6.45, 7) is 2.18. The van der Waals surface area contributed by atoms with Gasteiger partial charge in [-0.3, -0.25) is 14.5 Å². The molecule has 1 fully saturated rings. The number of benzene rings is 3. The molecule has 1 atom stereocenters.